The van der Waals surface area contributed by atoms with Crippen molar-refractivity contribution >= 4 is 54.5 Å². The average Bonchev–Trinajstić information content (AvgIpc) is 3.16. The molecule has 1 aromatic heterocycles. The summed E-state index contributed by atoms with van der Waals surface area (Å²) in [4.78, 5) is 117. The van der Waals surface area contributed by atoms with E-state index < -0.39 is 121 Å². The second-order valence-corrected chi connectivity index (χ2v) is 16.1. The third-order valence-corrected chi connectivity index (χ3v) is 9.44. The fraction of sp³-hybridized carbons (Fsp3) is 0.525. The number of rotatable bonds is 23. The second-order valence-electron chi connectivity index (χ2n) is 16.1. The van der Waals surface area contributed by atoms with Gasteiger partial charge in [0.05, 0.1) is 17.9 Å². The van der Waals surface area contributed by atoms with Crippen LogP contribution in [0.25, 0.3) is 0 Å². The average molecular weight is 857 g/mol. The number of carboxylic acids is 2. The Labute approximate surface area is 353 Å². The second kappa shape index (κ2) is 23.6. The van der Waals surface area contributed by atoms with Gasteiger partial charge < -0.3 is 56.6 Å². The summed E-state index contributed by atoms with van der Waals surface area (Å²) in [7, 11) is -1.86. The molecule has 1 heterocycles. The number of aryl methyl sites for hydroxylation is 1. The summed E-state index contributed by atoms with van der Waals surface area (Å²) in [6.45, 7) is 12.0. The first-order chi connectivity index (χ1) is 28.4. The lowest BCUT2D eigenvalue weighted by Gasteiger charge is -2.34. The van der Waals surface area contributed by atoms with Crippen LogP contribution in [0.4, 0.5) is 0 Å². The van der Waals surface area contributed by atoms with Crippen molar-refractivity contribution in [3.63, 3.8) is 0 Å². The fourth-order valence-electron chi connectivity index (χ4n) is 6.01. The minimum atomic E-state index is -1.86. The number of benzene rings is 1. The maximum Gasteiger partial charge on any atom is 0.475 e. The third-order valence-electron chi connectivity index (χ3n) is 9.44. The van der Waals surface area contributed by atoms with Crippen LogP contribution in [0.3, 0.4) is 0 Å². The van der Waals surface area contributed by atoms with Gasteiger partial charge in [-0.25, -0.2) is 4.79 Å². The number of hydrogen-bond donors (Lipinski definition) is 10. The molecule has 2 aromatic rings. The molecule has 0 aliphatic rings. The van der Waals surface area contributed by atoms with E-state index in [4.69, 9.17) is 0 Å². The molecule has 20 nitrogen and oxygen atoms in total. The van der Waals surface area contributed by atoms with E-state index in [9.17, 15) is 63.4 Å². The highest BCUT2D eigenvalue weighted by Crippen LogP contribution is 2.21. The summed E-state index contributed by atoms with van der Waals surface area (Å²) >= 11 is 0. The van der Waals surface area contributed by atoms with Crippen LogP contribution < -0.4 is 37.5 Å². The summed E-state index contributed by atoms with van der Waals surface area (Å²) in [6, 6.07) is 1.43. The van der Waals surface area contributed by atoms with Gasteiger partial charge in [-0.3, -0.25) is 38.4 Å². The number of amides is 6. The Bertz CT molecular complexity index is 1930. The Kier molecular flexibility index (Phi) is 19.8. The highest BCUT2D eigenvalue weighted by atomic mass is 16.4. The Morgan fingerprint density at radius 1 is 0.721 bits per heavy atom. The molecule has 0 bridgehead atoms. The van der Waals surface area contributed by atoms with Gasteiger partial charge in [-0.05, 0) is 54.7 Å². The summed E-state index contributed by atoms with van der Waals surface area (Å²) in [5.41, 5.74) is -0.702. The molecule has 0 aliphatic heterocycles. The molecule has 0 aliphatic carbocycles. The molecule has 334 valence electrons. The molecule has 21 heteroatoms. The predicted molar refractivity (Wildman–Crippen MR) is 219 cm³/mol. The molecule has 0 spiro atoms. The van der Waals surface area contributed by atoms with Crippen molar-refractivity contribution in [2.24, 2.45) is 11.3 Å². The molecule has 10 N–H and O–H groups in total. The van der Waals surface area contributed by atoms with E-state index in [1.54, 1.807) is 58.9 Å². The number of carbonyl (C=O) groups is 8. The van der Waals surface area contributed by atoms with Gasteiger partial charge in [0, 0.05) is 18.9 Å². The van der Waals surface area contributed by atoms with Crippen molar-refractivity contribution in [3.05, 3.63) is 69.8 Å². The Morgan fingerprint density at radius 2 is 1.30 bits per heavy atom. The first kappa shape index (κ1) is 51.1. The van der Waals surface area contributed by atoms with Crippen molar-refractivity contribution in [2.75, 3.05) is 0 Å². The van der Waals surface area contributed by atoms with Crippen LogP contribution in [0, 0.1) is 18.3 Å². The number of carboxylic acid groups (broad SMARTS) is 2. The smallest absolute Gasteiger partial charge is 0.475 e. The standard InChI is InChI=1S/C40H57BN6O14/c1-8-29(41(59)60)46-37(56)26(17-21(2)3)45-39(58)33(40(5,6)7)47-38(57)27(18-23-12-10-9-11-22(23)4)44-35(54)25(14-15-30(48)49)42-36(55)28(19-31(50)51)43-34(53)24-13-16-32(52)61-20-24/h9-13,16,20-21,25-29,33,59-60H,8,14-15,17-19H2,1-7H3,(H,42,55)(H,43,53)(H,44,54)(H,45,58)(H,46,56)(H,47,57)(H,48,49)(H,50,51)/t25-,26-,27-,28-,29?,33+/m0/s1. The van der Waals surface area contributed by atoms with Gasteiger partial charge in [-0.15, -0.1) is 0 Å². The predicted octanol–water partition coefficient (Wildman–Crippen LogP) is -0.433. The van der Waals surface area contributed by atoms with E-state index in [0.29, 0.717) is 5.56 Å². The molecular formula is C40H57BN6O14. The molecule has 61 heavy (non-hydrogen) atoms. The monoisotopic (exact) mass is 856 g/mol. The molecule has 1 unspecified atom stereocenters. The quantitative estimate of drug-likeness (QED) is 0.0635. The van der Waals surface area contributed by atoms with Gasteiger partial charge in [0.25, 0.3) is 5.91 Å². The van der Waals surface area contributed by atoms with Crippen LogP contribution in [0.5, 0.6) is 0 Å². The van der Waals surface area contributed by atoms with E-state index in [-0.39, 0.29) is 30.7 Å². The van der Waals surface area contributed by atoms with Crippen molar-refractivity contribution in [1.29, 1.82) is 0 Å². The minimum Gasteiger partial charge on any atom is -0.481 e. The minimum absolute atomic E-state index is 0.107. The number of hydrogen-bond acceptors (Lipinski definition) is 12. The summed E-state index contributed by atoms with van der Waals surface area (Å²) in [6.07, 6.45) is -1.22. The topological polar surface area (TPSA) is 320 Å². The molecule has 6 atom stereocenters. The van der Waals surface area contributed by atoms with Gasteiger partial charge in [-0.1, -0.05) is 65.8 Å². The Morgan fingerprint density at radius 3 is 1.82 bits per heavy atom. The Balaban J connectivity index is 2.48. The first-order valence-electron chi connectivity index (χ1n) is 19.7. The zero-order chi connectivity index (χ0) is 46.2. The molecule has 6 amide bonds. The molecule has 0 saturated carbocycles. The largest absolute Gasteiger partial charge is 0.481 e. The van der Waals surface area contributed by atoms with Crippen LogP contribution in [0.2, 0.25) is 0 Å². The van der Waals surface area contributed by atoms with E-state index in [2.05, 4.69) is 36.3 Å². The maximum absolute atomic E-state index is 14.3. The van der Waals surface area contributed by atoms with Gasteiger partial charge in [0.1, 0.15) is 36.5 Å². The molecule has 0 saturated heterocycles. The van der Waals surface area contributed by atoms with Crippen molar-refractivity contribution in [1.82, 2.24) is 31.9 Å². The zero-order valence-corrected chi connectivity index (χ0v) is 35.3. The van der Waals surface area contributed by atoms with E-state index >= 15 is 0 Å². The Hall–Kier alpha value is -6.09. The number of nitrogens with one attached hydrogen (secondary N) is 6. The van der Waals surface area contributed by atoms with E-state index in [0.717, 1.165) is 24.0 Å². The molecule has 0 radical (unpaired) electrons. The third kappa shape index (κ3) is 17.2. The lowest BCUT2D eigenvalue weighted by atomic mass is 9.77. The fourth-order valence-corrected chi connectivity index (χ4v) is 6.01. The SMILES string of the molecule is CCC(NC(=O)[C@H](CC(C)C)NC(=O)[C@@H](NC(=O)[C@H](Cc1ccccc1C)NC(=O)[C@H](CCC(=O)O)NC(=O)[C@H](CC(=O)O)NC(=O)c1ccc(=O)oc1)C(C)(C)C)B(O)O. The summed E-state index contributed by atoms with van der Waals surface area (Å²) in [5.74, 6) is -9.59. The van der Waals surface area contributed by atoms with Gasteiger partial charge in [0.15, 0.2) is 0 Å². The van der Waals surface area contributed by atoms with Crippen LogP contribution in [-0.2, 0) is 40.0 Å². The van der Waals surface area contributed by atoms with Crippen molar-refractivity contribution < 1.29 is 63.0 Å². The highest BCUT2D eigenvalue weighted by Gasteiger charge is 2.38. The normalized spacial score (nSPS) is 14.2. The van der Waals surface area contributed by atoms with Gasteiger partial charge in [-0.2, -0.15) is 0 Å². The molecule has 2 rings (SSSR count). The summed E-state index contributed by atoms with van der Waals surface area (Å²) < 4.78 is 4.65. The maximum atomic E-state index is 14.3. The van der Waals surface area contributed by atoms with Crippen molar-refractivity contribution in [3.8, 4) is 0 Å². The molecular weight excluding hydrogens is 799 g/mol. The lowest BCUT2D eigenvalue weighted by Crippen LogP contribution is -2.62. The number of aliphatic carboxylic acids is 2. The van der Waals surface area contributed by atoms with Crippen molar-refractivity contribution in [2.45, 2.75) is 123 Å². The van der Waals surface area contributed by atoms with E-state index in [1.165, 1.54) is 0 Å². The lowest BCUT2D eigenvalue weighted by molar-refractivity contribution is -0.140. The zero-order valence-electron chi connectivity index (χ0n) is 35.3. The van der Waals surface area contributed by atoms with Crippen LogP contribution in [0.15, 0.2) is 51.9 Å². The van der Waals surface area contributed by atoms with E-state index in [1.807, 2.05) is 13.8 Å². The molecule has 0 fully saturated rings. The van der Waals surface area contributed by atoms with Crippen LogP contribution >= 0.6 is 0 Å². The van der Waals surface area contributed by atoms with Crippen LogP contribution in [0.1, 0.15) is 95.1 Å². The molecule has 1 aromatic carbocycles. The summed E-state index contributed by atoms with van der Waals surface area (Å²) in [5, 5.41) is 53.2. The number of carbonyl (C=O) groups excluding carboxylic acids is 6. The first-order valence-corrected chi connectivity index (χ1v) is 19.7. The highest BCUT2D eigenvalue weighted by molar-refractivity contribution is 6.43. The van der Waals surface area contributed by atoms with Gasteiger partial charge in [0.2, 0.25) is 29.5 Å². The van der Waals surface area contributed by atoms with Crippen LogP contribution in [-0.4, -0.2) is 111 Å². The van der Waals surface area contributed by atoms with Gasteiger partial charge >= 0.3 is 24.7 Å².